The van der Waals surface area contributed by atoms with Crippen molar-refractivity contribution in [1.82, 2.24) is 9.55 Å². The van der Waals surface area contributed by atoms with Gasteiger partial charge in [0, 0.05) is 39.9 Å². The summed E-state index contributed by atoms with van der Waals surface area (Å²) in [6.07, 6.45) is 3.65. The monoisotopic (exact) mass is 693 g/mol. The molecule has 10 rings (SSSR count). The quantitative estimate of drug-likeness (QED) is 0.163. The molecule has 0 saturated carbocycles. The van der Waals surface area contributed by atoms with Gasteiger partial charge in [-0.25, -0.2) is 4.90 Å². The van der Waals surface area contributed by atoms with Crippen molar-refractivity contribution in [3.8, 4) is 50.2 Å². The van der Waals surface area contributed by atoms with Crippen molar-refractivity contribution in [3.05, 3.63) is 199 Å². The number of imide groups is 1. The Bertz CT molecular complexity index is 2840. The predicted octanol–water partition coefficient (Wildman–Crippen LogP) is 11.6. The van der Waals surface area contributed by atoms with Crippen LogP contribution in [0.5, 0.6) is 0 Å². The molecule has 9 aromatic rings. The Balaban J connectivity index is 1.23. The number of rotatable bonds is 6. The molecule has 0 saturated heterocycles. The van der Waals surface area contributed by atoms with E-state index in [0.29, 0.717) is 22.5 Å². The number of benzene rings is 7. The largest absolute Gasteiger partial charge is 0.308 e. The Morgan fingerprint density at radius 1 is 0.426 bits per heavy atom. The minimum absolute atomic E-state index is 0.351. The second-order valence-electron chi connectivity index (χ2n) is 13.5. The lowest BCUT2D eigenvalue weighted by Crippen LogP contribution is -2.30. The van der Waals surface area contributed by atoms with Crippen LogP contribution in [0.15, 0.2) is 188 Å². The molecule has 0 N–H and O–H groups in total. The first kappa shape index (κ1) is 31.4. The van der Waals surface area contributed by atoms with E-state index in [2.05, 4.69) is 64.1 Å². The number of hydrogen-bond donors (Lipinski definition) is 0. The van der Waals surface area contributed by atoms with Crippen LogP contribution in [-0.2, 0) is 0 Å². The third kappa shape index (κ3) is 4.90. The molecule has 2 amide bonds. The van der Waals surface area contributed by atoms with Crippen LogP contribution in [0.4, 0.5) is 5.69 Å². The number of anilines is 1. The fraction of sp³-hybridized carbons (Fsp3) is 0. The normalized spacial score (nSPS) is 12.5. The lowest BCUT2D eigenvalue weighted by molar-refractivity contribution is 0.0926. The van der Waals surface area contributed by atoms with E-state index in [1.807, 2.05) is 121 Å². The van der Waals surface area contributed by atoms with E-state index < -0.39 is 0 Å². The smallest absolute Gasteiger partial charge is 0.268 e. The van der Waals surface area contributed by atoms with Crippen LogP contribution >= 0.6 is 0 Å². The average Bonchev–Trinajstić information content (AvgIpc) is 3.72. The fourth-order valence-electron chi connectivity index (χ4n) is 8.05. The molecule has 1 aliphatic heterocycles. The van der Waals surface area contributed by atoms with Crippen molar-refractivity contribution in [1.29, 1.82) is 0 Å². The number of carbonyl (C=O) groups excluding carboxylic acids is 2. The van der Waals surface area contributed by atoms with Crippen LogP contribution in [-0.4, -0.2) is 21.4 Å². The summed E-state index contributed by atoms with van der Waals surface area (Å²) in [4.78, 5) is 36.0. The molecule has 0 radical (unpaired) electrons. The second-order valence-corrected chi connectivity index (χ2v) is 13.5. The van der Waals surface area contributed by atoms with Gasteiger partial charge in [0.25, 0.3) is 11.8 Å². The molecule has 1 aliphatic rings. The van der Waals surface area contributed by atoms with Crippen LogP contribution in [0.2, 0.25) is 0 Å². The minimum atomic E-state index is -0.359. The number of carbonyl (C=O) groups is 2. The summed E-state index contributed by atoms with van der Waals surface area (Å²) in [5, 5.41) is 2.11. The van der Waals surface area contributed by atoms with Gasteiger partial charge >= 0.3 is 0 Å². The summed E-state index contributed by atoms with van der Waals surface area (Å²) in [5.41, 5.74) is 11.3. The van der Waals surface area contributed by atoms with Crippen LogP contribution < -0.4 is 4.90 Å². The van der Waals surface area contributed by atoms with E-state index >= 15 is 4.79 Å². The van der Waals surface area contributed by atoms with E-state index in [0.717, 1.165) is 66.3 Å². The number of amides is 2. The summed E-state index contributed by atoms with van der Waals surface area (Å²) in [6, 6.07) is 58.5. The van der Waals surface area contributed by atoms with Crippen molar-refractivity contribution in [3.63, 3.8) is 0 Å². The number of nitrogens with zero attached hydrogens (tertiary/aromatic N) is 3. The van der Waals surface area contributed by atoms with E-state index in [1.54, 1.807) is 12.3 Å². The van der Waals surface area contributed by atoms with Gasteiger partial charge in [0.2, 0.25) is 0 Å². The molecular weight excluding hydrogens is 663 g/mol. The fourth-order valence-corrected chi connectivity index (χ4v) is 8.05. The highest BCUT2D eigenvalue weighted by atomic mass is 16.2. The summed E-state index contributed by atoms with van der Waals surface area (Å²) in [7, 11) is 0. The summed E-state index contributed by atoms with van der Waals surface area (Å²) < 4.78 is 2.13. The molecule has 0 spiro atoms. The van der Waals surface area contributed by atoms with Gasteiger partial charge in [0.1, 0.15) is 0 Å². The Labute approximate surface area is 312 Å². The highest BCUT2D eigenvalue weighted by Gasteiger charge is 2.41. The molecule has 0 bridgehead atoms. The van der Waals surface area contributed by atoms with Gasteiger partial charge in [-0.1, -0.05) is 133 Å². The van der Waals surface area contributed by atoms with E-state index in [1.165, 1.54) is 4.90 Å². The number of fused-ring (bicyclic) bond motifs is 4. The highest BCUT2D eigenvalue weighted by Crippen LogP contribution is 2.47. The minimum Gasteiger partial charge on any atom is -0.308 e. The van der Waals surface area contributed by atoms with Crippen LogP contribution in [0.1, 0.15) is 20.7 Å². The topological polar surface area (TPSA) is 55.2 Å². The molecule has 7 aromatic carbocycles. The second kappa shape index (κ2) is 12.7. The van der Waals surface area contributed by atoms with Gasteiger partial charge < -0.3 is 4.57 Å². The lowest BCUT2D eigenvalue weighted by atomic mass is 9.90. The number of pyridine rings is 1. The first-order valence-corrected chi connectivity index (χ1v) is 18.0. The maximum absolute atomic E-state index is 15.3. The zero-order valence-corrected chi connectivity index (χ0v) is 29.1. The molecule has 5 heteroatoms. The molecule has 54 heavy (non-hydrogen) atoms. The van der Waals surface area contributed by atoms with Gasteiger partial charge in [-0.05, 0) is 70.3 Å². The maximum atomic E-state index is 15.3. The Morgan fingerprint density at radius 3 is 1.67 bits per heavy atom. The average molecular weight is 694 g/mol. The Hall–Kier alpha value is -7.37. The molecule has 5 nitrogen and oxygen atoms in total. The number of aromatic nitrogens is 2. The summed E-state index contributed by atoms with van der Waals surface area (Å²) >= 11 is 0. The lowest BCUT2D eigenvalue weighted by Gasteiger charge is -2.24. The Kier molecular flexibility index (Phi) is 7.37. The van der Waals surface area contributed by atoms with Crippen molar-refractivity contribution < 1.29 is 9.59 Å². The molecular formula is C49H31N3O2. The van der Waals surface area contributed by atoms with Gasteiger partial charge in [0.05, 0.1) is 33.5 Å². The number of para-hydroxylation sites is 1. The number of hydrogen-bond acceptors (Lipinski definition) is 3. The maximum Gasteiger partial charge on any atom is 0.268 e. The summed E-state index contributed by atoms with van der Waals surface area (Å²) in [6.45, 7) is 0. The van der Waals surface area contributed by atoms with Crippen molar-refractivity contribution in [2.45, 2.75) is 0 Å². The van der Waals surface area contributed by atoms with E-state index in [9.17, 15) is 4.79 Å². The van der Waals surface area contributed by atoms with Crippen molar-refractivity contribution >= 4 is 39.3 Å². The van der Waals surface area contributed by atoms with Gasteiger partial charge in [-0.3, -0.25) is 14.6 Å². The first-order valence-electron chi connectivity index (χ1n) is 18.0. The zero-order chi connectivity index (χ0) is 36.2. The molecule has 254 valence electrons. The SMILES string of the molecule is O=C1c2cccc(-n3c4ccccc4c4c(-c5cccnc5)cccc43)c2C(=O)N1c1c(-c2ccccc2)cc(-c2ccccc2)cc1-c1ccccc1. The predicted molar refractivity (Wildman–Crippen MR) is 218 cm³/mol. The Morgan fingerprint density at radius 2 is 1.00 bits per heavy atom. The van der Waals surface area contributed by atoms with E-state index in [-0.39, 0.29) is 11.8 Å². The molecule has 0 unspecified atom stereocenters. The molecule has 2 aromatic heterocycles. The van der Waals surface area contributed by atoms with E-state index in [4.69, 9.17) is 0 Å². The summed E-state index contributed by atoms with van der Waals surface area (Å²) in [5.74, 6) is -0.711. The standard InChI is InChI=1S/C49H31N3O2/c53-48-39-24-13-27-44(51-42-25-11-10-22-38(42)45-37(23-12-26-43(45)51)35-21-14-28-50-31-35)46(39)49(54)52(48)47-40(33-17-6-2-7-18-33)29-36(32-15-4-1-5-16-32)30-41(47)34-19-8-3-9-20-34/h1-31H. The van der Waals surface area contributed by atoms with Crippen LogP contribution in [0, 0.1) is 0 Å². The molecule has 0 fully saturated rings. The van der Waals surface area contributed by atoms with Gasteiger partial charge in [-0.15, -0.1) is 0 Å². The third-order valence-corrected chi connectivity index (χ3v) is 10.4. The van der Waals surface area contributed by atoms with Crippen molar-refractivity contribution in [2.75, 3.05) is 4.90 Å². The molecule has 0 atom stereocenters. The van der Waals surface area contributed by atoms with Crippen LogP contribution in [0.25, 0.3) is 72.0 Å². The zero-order valence-electron chi connectivity index (χ0n) is 29.1. The van der Waals surface area contributed by atoms with Crippen molar-refractivity contribution in [2.24, 2.45) is 0 Å². The first-order chi connectivity index (χ1) is 26.7. The molecule has 3 heterocycles. The third-order valence-electron chi connectivity index (χ3n) is 10.4. The van der Waals surface area contributed by atoms with Crippen LogP contribution in [0.3, 0.4) is 0 Å². The van der Waals surface area contributed by atoms with Gasteiger partial charge in [0.15, 0.2) is 0 Å². The van der Waals surface area contributed by atoms with Gasteiger partial charge in [-0.2, -0.15) is 0 Å². The molecule has 0 aliphatic carbocycles. The highest BCUT2D eigenvalue weighted by molar-refractivity contribution is 6.37.